The second kappa shape index (κ2) is 3.26. The maximum Gasteiger partial charge on any atom is 0.323 e. The van der Waals surface area contributed by atoms with Gasteiger partial charge < -0.3 is 15.7 Å². The summed E-state index contributed by atoms with van der Waals surface area (Å²) in [6.45, 7) is 3.10. The lowest BCUT2D eigenvalue weighted by atomic mass is 10.3. The molecule has 0 aliphatic carbocycles. The first-order valence-electron chi connectivity index (χ1n) is 3.64. The van der Waals surface area contributed by atoms with Crippen LogP contribution >= 0.6 is 0 Å². The number of hydrogen-bond acceptors (Lipinski definition) is 2. The molecule has 1 rings (SSSR count). The number of aryl methyl sites for hydroxylation is 1. The van der Waals surface area contributed by atoms with Gasteiger partial charge in [-0.3, -0.25) is 4.79 Å². The van der Waals surface area contributed by atoms with Crippen molar-refractivity contribution in [3.63, 3.8) is 0 Å². The molecule has 1 heterocycles. The number of amides is 1. The minimum absolute atomic E-state index is 0.148. The molecule has 6 heteroatoms. The Balaban J connectivity index is 3.09. The van der Waals surface area contributed by atoms with Crippen LogP contribution < -0.4 is 11.4 Å². The number of aliphatic imine (C=N–C) groups is 1. The smallest absolute Gasteiger partial charge is 0.323 e. The summed E-state index contributed by atoms with van der Waals surface area (Å²) in [7, 11) is 0. The van der Waals surface area contributed by atoms with Gasteiger partial charge >= 0.3 is 5.69 Å². The van der Waals surface area contributed by atoms with E-state index in [1.54, 1.807) is 6.92 Å². The number of aromatic nitrogens is 2. The minimum atomic E-state index is -0.546. The van der Waals surface area contributed by atoms with E-state index in [-0.39, 0.29) is 11.5 Å². The lowest BCUT2D eigenvalue weighted by molar-refractivity contribution is 0.0998. The molecule has 1 amide bonds. The normalized spacial score (nSPS) is 11.7. The fourth-order valence-corrected chi connectivity index (χ4v) is 0.901. The number of aromatic amines is 2. The second-order valence-corrected chi connectivity index (χ2v) is 2.64. The maximum absolute atomic E-state index is 11.2. The zero-order chi connectivity index (χ0) is 10.0. The van der Waals surface area contributed by atoms with Crippen molar-refractivity contribution >= 4 is 11.7 Å². The Kier molecular flexibility index (Phi) is 2.32. The predicted molar refractivity (Wildman–Crippen MR) is 47.8 cm³/mol. The van der Waals surface area contributed by atoms with Gasteiger partial charge in [0.15, 0.2) is 0 Å². The number of nitrogens with two attached hydrogens (primary N) is 1. The number of carbonyl (C=O) groups excluding carboxylic acids is 1. The molecule has 0 bridgehead atoms. The molecular weight excluding hydrogens is 172 g/mol. The van der Waals surface area contributed by atoms with Gasteiger partial charge in [0, 0.05) is 5.69 Å². The Bertz CT molecular complexity index is 408. The summed E-state index contributed by atoms with van der Waals surface area (Å²) >= 11 is 0. The van der Waals surface area contributed by atoms with Crippen LogP contribution in [0.3, 0.4) is 0 Å². The molecule has 0 atom stereocenters. The summed E-state index contributed by atoms with van der Waals surface area (Å²) < 4.78 is 0. The molecule has 0 aromatic carbocycles. The van der Waals surface area contributed by atoms with Gasteiger partial charge in [-0.15, -0.1) is 0 Å². The van der Waals surface area contributed by atoms with E-state index in [2.05, 4.69) is 15.0 Å². The molecule has 0 saturated carbocycles. The highest BCUT2D eigenvalue weighted by Gasteiger charge is 2.10. The van der Waals surface area contributed by atoms with Crippen LogP contribution in [-0.2, 0) is 0 Å². The van der Waals surface area contributed by atoms with Crippen LogP contribution in [0.25, 0.3) is 0 Å². The number of hydrogen-bond donors (Lipinski definition) is 3. The molecule has 0 radical (unpaired) electrons. The molecule has 0 aliphatic heterocycles. The van der Waals surface area contributed by atoms with Crippen LogP contribution in [-0.4, -0.2) is 21.7 Å². The van der Waals surface area contributed by atoms with Crippen molar-refractivity contribution in [1.29, 1.82) is 0 Å². The van der Waals surface area contributed by atoms with Gasteiger partial charge in [0.05, 0.1) is 0 Å². The third-order valence-electron chi connectivity index (χ3n) is 1.41. The predicted octanol–water partition coefficient (Wildman–Crippen LogP) is -0.471. The Labute approximate surface area is 73.9 Å². The average molecular weight is 182 g/mol. The van der Waals surface area contributed by atoms with Gasteiger partial charge in [-0.1, -0.05) is 0 Å². The van der Waals surface area contributed by atoms with Crippen molar-refractivity contribution < 1.29 is 4.79 Å². The van der Waals surface area contributed by atoms with Crippen molar-refractivity contribution in [2.75, 3.05) is 0 Å². The molecular formula is C7H10N4O2. The summed E-state index contributed by atoms with van der Waals surface area (Å²) in [5.41, 5.74) is 5.40. The quantitative estimate of drug-likeness (QED) is 0.404. The minimum Gasteiger partial charge on any atom is -0.387 e. The fourth-order valence-electron chi connectivity index (χ4n) is 0.901. The maximum atomic E-state index is 11.2. The largest absolute Gasteiger partial charge is 0.387 e. The molecule has 0 aliphatic rings. The van der Waals surface area contributed by atoms with Crippen molar-refractivity contribution in [3.8, 4) is 0 Å². The molecule has 0 spiro atoms. The fraction of sp³-hybridized carbons (Fsp3) is 0.286. The molecule has 0 fully saturated rings. The van der Waals surface area contributed by atoms with Gasteiger partial charge in [0.2, 0.25) is 0 Å². The average Bonchev–Trinajstić information content (AvgIpc) is 2.28. The summed E-state index contributed by atoms with van der Waals surface area (Å²) in [5, 5.41) is 0. The summed E-state index contributed by atoms with van der Waals surface area (Å²) in [4.78, 5) is 30.2. The second-order valence-electron chi connectivity index (χ2n) is 2.64. The van der Waals surface area contributed by atoms with E-state index >= 15 is 0 Å². The van der Waals surface area contributed by atoms with Crippen LogP contribution in [0.5, 0.6) is 0 Å². The van der Waals surface area contributed by atoms with E-state index in [4.69, 9.17) is 5.73 Å². The Morgan fingerprint density at radius 1 is 1.46 bits per heavy atom. The number of imidazole rings is 1. The Hall–Kier alpha value is -1.85. The van der Waals surface area contributed by atoms with Crippen LogP contribution in [0, 0.1) is 6.92 Å². The molecule has 70 valence electrons. The van der Waals surface area contributed by atoms with E-state index in [0.29, 0.717) is 5.69 Å². The first-order chi connectivity index (χ1) is 6.00. The van der Waals surface area contributed by atoms with E-state index in [0.717, 1.165) is 0 Å². The van der Waals surface area contributed by atoms with Crippen molar-refractivity contribution in [2.24, 2.45) is 10.7 Å². The highest BCUT2D eigenvalue weighted by Crippen LogP contribution is 1.99. The van der Waals surface area contributed by atoms with Gasteiger partial charge in [0.25, 0.3) is 5.91 Å². The lowest BCUT2D eigenvalue weighted by Gasteiger charge is -1.92. The third kappa shape index (κ3) is 2.05. The van der Waals surface area contributed by atoms with Crippen LogP contribution in [0.1, 0.15) is 23.1 Å². The highest BCUT2D eigenvalue weighted by molar-refractivity contribution is 6.01. The van der Waals surface area contributed by atoms with Crippen LogP contribution in [0.4, 0.5) is 0 Å². The van der Waals surface area contributed by atoms with Gasteiger partial charge in [-0.2, -0.15) is 4.99 Å². The van der Waals surface area contributed by atoms with E-state index < -0.39 is 11.6 Å². The van der Waals surface area contributed by atoms with Crippen molar-refractivity contribution in [3.05, 3.63) is 21.9 Å². The first kappa shape index (κ1) is 9.24. The highest BCUT2D eigenvalue weighted by atomic mass is 16.2. The monoisotopic (exact) mass is 182 g/mol. The Morgan fingerprint density at radius 2 is 2.08 bits per heavy atom. The van der Waals surface area contributed by atoms with Crippen molar-refractivity contribution in [1.82, 2.24) is 9.97 Å². The standard InChI is InChI=1S/C7H10N4O2/c1-3-5(11-7(13)9-3)6(12)10-4(2)8/h1-2H3,(H2,8,10,12)(H2,9,11,13). The lowest BCUT2D eigenvalue weighted by Crippen LogP contribution is -2.11. The van der Waals surface area contributed by atoms with Gasteiger partial charge in [-0.05, 0) is 13.8 Å². The SMILES string of the molecule is CC(N)=NC(=O)c1[nH]c(=O)[nH]c1C. The number of nitrogens with zero attached hydrogens (tertiary/aromatic N) is 1. The number of rotatable bonds is 1. The zero-order valence-electron chi connectivity index (χ0n) is 7.34. The number of H-pyrrole nitrogens is 2. The third-order valence-corrected chi connectivity index (χ3v) is 1.41. The topological polar surface area (TPSA) is 104 Å². The number of nitrogens with one attached hydrogen (secondary N) is 2. The number of amidine groups is 1. The summed E-state index contributed by atoms with van der Waals surface area (Å²) in [6, 6.07) is 0. The van der Waals surface area contributed by atoms with Gasteiger partial charge in [0.1, 0.15) is 11.5 Å². The van der Waals surface area contributed by atoms with Crippen LogP contribution in [0.15, 0.2) is 9.79 Å². The molecule has 0 saturated heterocycles. The molecule has 4 N–H and O–H groups in total. The Morgan fingerprint density at radius 3 is 2.46 bits per heavy atom. The van der Waals surface area contributed by atoms with Crippen molar-refractivity contribution in [2.45, 2.75) is 13.8 Å². The van der Waals surface area contributed by atoms with Gasteiger partial charge in [-0.25, -0.2) is 4.79 Å². The molecule has 1 aromatic heterocycles. The van der Waals surface area contributed by atoms with Crippen LogP contribution in [0.2, 0.25) is 0 Å². The van der Waals surface area contributed by atoms with E-state index in [1.807, 2.05) is 0 Å². The zero-order valence-corrected chi connectivity index (χ0v) is 7.34. The summed E-state index contributed by atoms with van der Waals surface area (Å²) in [6.07, 6.45) is 0. The molecule has 13 heavy (non-hydrogen) atoms. The first-order valence-corrected chi connectivity index (χ1v) is 3.64. The molecule has 0 unspecified atom stereocenters. The number of carbonyl (C=O) groups is 1. The van der Waals surface area contributed by atoms with E-state index in [1.165, 1.54) is 6.92 Å². The van der Waals surface area contributed by atoms with E-state index in [9.17, 15) is 9.59 Å². The summed E-state index contributed by atoms with van der Waals surface area (Å²) in [5.74, 6) is -0.387. The molecule has 6 nitrogen and oxygen atoms in total. The molecule has 1 aromatic rings.